The van der Waals surface area contributed by atoms with Crippen molar-refractivity contribution in [1.29, 1.82) is 0 Å². The van der Waals surface area contributed by atoms with Crippen LogP contribution < -0.4 is 10.1 Å². The number of pyridine rings is 1. The van der Waals surface area contributed by atoms with Crippen molar-refractivity contribution in [2.45, 2.75) is 24.0 Å². The molecule has 1 N–H and O–H groups in total. The quantitative estimate of drug-likeness (QED) is 0.774. The number of aromatic nitrogens is 1. The van der Waals surface area contributed by atoms with Crippen molar-refractivity contribution in [1.82, 2.24) is 4.98 Å². The minimum absolute atomic E-state index is 0.906. The molecular weight excluding hydrogens is 268 g/mol. The van der Waals surface area contributed by atoms with E-state index in [-0.39, 0.29) is 0 Å². The second kappa shape index (κ2) is 7.80. The molecule has 0 spiro atoms. The number of nitrogens with zero attached hydrogens (tertiary/aromatic N) is 1. The molecule has 0 radical (unpaired) electrons. The Bertz CT molecular complexity index is 546. The molecule has 0 atom stereocenters. The minimum Gasteiger partial charge on any atom is -0.496 e. The van der Waals surface area contributed by atoms with E-state index in [1.807, 2.05) is 24.4 Å². The number of nitrogens with one attached hydrogen (secondary N) is 1. The van der Waals surface area contributed by atoms with Gasteiger partial charge in [0.05, 0.1) is 7.11 Å². The summed E-state index contributed by atoms with van der Waals surface area (Å²) in [6, 6.07) is 12.3. The van der Waals surface area contributed by atoms with E-state index in [1.54, 1.807) is 18.9 Å². The van der Waals surface area contributed by atoms with Crippen LogP contribution in [0.2, 0.25) is 0 Å². The van der Waals surface area contributed by atoms with E-state index in [0.29, 0.717) is 0 Å². The highest BCUT2D eigenvalue weighted by Gasteiger charge is 2.03. The van der Waals surface area contributed by atoms with Crippen LogP contribution in [0.25, 0.3) is 0 Å². The van der Waals surface area contributed by atoms with Crippen LogP contribution in [0.1, 0.15) is 18.9 Å². The molecular formula is C16H20N2OS. The molecule has 1 aromatic heterocycles. The minimum atomic E-state index is 0.906. The van der Waals surface area contributed by atoms with Gasteiger partial charge in [-0.15, -0.1) is 11.8 Å². The van der Waals surface area contributed by atoms with Crippen molar-refractivity contribution in [2.75, 3.05) is 19.0 Å². The van der Waals surface area contributed by atoms with Gasteiger partial charge in [-0.25, -0.2) is 4.98 Å². The SMILES string of the molecule is CCCNc1cc(CSc2ccccc2OC)ccn1. The summed E-state index contributed by atoms with van der Waals surface area (Å²) in [6.45, 7) is 3.10. The molecule has 4 heteroatoms. The molecule has 0 amide bonds. The monoisotopic (exact) mass is 288 g/mol. The standard InChI is InChI=1S/C16H20N2OS/c1-3-9-17-16-11-13(8-10-18-16)12-20-15-7-5-4-6-14(15)19-2/h4-8,10-11H,3,9,12H2,1-2H3,(H,17,18). The lowest BCUT2D eigenvalue weighted by Gasteiger charge is -2.09. The molecule has 0 bridgehead atoms. The summed E-state index contributed by atoms with van der Waals surface area (Å²) >= 11 is 1.78. The first-order valence-electron chi connectivity index (χ1n) is 6.78. The maximum Gasteiger partial charge on any atom is 0.132 e. The molecule has 1 heterocycles. The fourth-order valence-corrected chi connectivity index (χ4v) is 2.78. The van der Waals surface area contributed by atoms with Crippen LogP contribution in [0.3, 0.4) is 0 Å². The van der Waals surface area contributed by atoms with Crippen LogP contribution >= 0.6 is 11.8 Å². The lowest BCUT2D eigenvalue weighted by molar-refractivity contribution is 0.405. The molecule has 0 fully saturated rings. The molecule has 0 unspecified atom stereocenters. The Hall–Kier alpha value is -1.68. The lowest BCUT2D eigenvalue weighted by atomic mass is 10.3. The van der Waals surface area contributed by atoms with Gasteiger partial charge >= 0.3 is 0 Å². The third-order valence-corrected chi connectivity index (χ3v) is 3.97. The van der Waals surface area contributed by atoms with E-state index in [0.717, 1.165) is 35.2 Å². The van der Waals surface area contributed by atoms with Gasteiger partial charge in [0.25, 0.3) is 0 Å². The Morgan fingerprint density at radius 2 is 2.10 bits per heavy atom. The third kappa shape index (κ3) is 4.17. The Morgan fingerprint density at radius 1 is 1.25 bits per heavy atom. The highest BCUT2D eigenvalue weighted by Crippen LogP contribution is 2.31. The second-order valence-corrected chi connectivity index (χ2v) is 5.43. The first-order valence-corrected chi connectivity index (χ1v) is 7.76. The third-order valence-electron chi connectivity index (χ3n) is 2.84. The number of benzene rings is 1. The van der Waals surface area contributed by atoms with Gasteiger partial charge in [-0.05, 0) is 36.2 Å². The molecule has 0 saturated carbocycles. The van der Waals surface area contributed by atoms with E-state index in [2.05, 4.69) is 35.4 Å². The molecule has 0 saturated heterocycles. The van der Waals surface area contributed by atoms with Crippen LogP contribution in [0, 0.1) is 0 Å². The summed E-state index contributed by atoms with van der Waals surface area (Å²) in [5.74, 6) is 2.78. The summed E-state index contributed by atoms with van der Waals surface area (Å²) in [5.41, 5.74) is 1.26. The van der Waals surface area contributed by atoms with Crippen molar-refractivity contribution in [3.63, 3.8) is 0 Å². The van der Waals surface area contributed by atoms with Crippen molar-refractivity contribution in [2.24, 2.45) is 0 Å². The maximum absolute atomic E-state index is 5.37. The van der Waals surface area contributed by atoms with Gasteiger partial charge in [0.2, 0.25) is 0 Å². The predicted molar refractivity (Wildman–Crippen MR) is 85.6 cm³/mol. The molecule has 2 aromatic rings. The smallest absolute Gasteiger partial charge is 0.132 e. The highest BCUT2D eigenvalue weighted by atomic mass is 32.2. The van der Waals surface area contributed by atoms with Crippen LogP contribution in [0.4, 0.5) is 5.82 Å². The normalized spacial score (nSPS) is 10.3. The molecule has 106 valence electrons. The fourth-order valence-electron chi connectivity index (χ4n) is 1.81. The van der Waals surface area contributed by atoms with Crippen LogP contribution in [-0.2, 0) is 5.75 Å². The fraction of sp³-hybridized carbons (Fsp3) is 0.312. The van der Waals surface area contributed by atoms with Crippen molar-refractivity contribution in [3.8, 4) is 5.75 Å². The van der Waals surface area contributed by atoms with Gasteiger partial charge < -0.3 is 10.1 Å². The zero-order chi connectivity index (χ0) is 14.2. The first-order chi connectivity index (χ1) is 9.83. The Balaban J connectivity index is 1.99. The molecule has 0 aliphatic carbocycles. The second-order valence-electron chi connectivity index (χ2n) is 4.42. The van der Waals surface area contributed by atoms with Crippen LogP contribution in [-0.4, -0.2) is 18.6 Å². The van der Waals surface area contributed by atoms with Gasteiger partial charge in [0, 0.05) is 23.4 Å². The molecule has 20 heavy (non-hydrogen) atoms. The number of ether oxygens (including phenoxy) is 1. The molecule has 0 aliphatic rings. The number of hydrogen-bond donors (Lipinski definition) is 1. The molecule has 2 rings (SSSR count). The summed E-state index contributed by atoms with van der Waals surface area (Å²) in [7, 11) is 1.71. The number of methoxy groups -OCH3 is 1. The number of rotatable bonds is 7. The number of anilines is 1. The van der Waals surface area contributed by atoms with Gasteiger partial charge in [0.15, 0.2) is 0 Å². The summed E-state index contributed by atoms with van der Waals surface area (Å²) in [4.78, 5) is 5.48. The van der Waals surface area contributed by atoms with Crippen molar-refractivity contribution < 1.29 is 4.74 Å². The van der Waals surface area contributed by atoms with Crippen LogP contribution in [0.15, 0.2) is 47.5 Å². The van der Waals surface area contributed by atoms with Gasteiger partial charge in [-0.2, -0.15) is 0 Å². The average Bonchev–Trinajstić information content (AvgIpc) is 2.51. The number of thioether (sulfide) groups is 1. The van der Waals surface area contributed by atoms with Gasteiger partial charge in [-0.3, -0.25) is 0 Å². The summed E-state index contributed by atoms with van der Waals surface area (Å²) in [5, 5.41) is 3.31. The van der Waals surface area contributed by atoms with E-state index in [1.165, 1.54) is 5.56 Å². The Labute approximate surface area is 124 Å². The largest absolute Gasteiger partial charge is 0.496 e. The Kier molecular flexibility index (Phi) is 5.74. The van der Waals surface area contributed by atoms with E-state index >= 15 is 0 Å². The van der Waals surface area contributed by atoms with E-state index in [4.69, 9.17) is 4.74 Å². The van der Waals surface area contributed by atoms with E-state index in [9.17, 15) is 0 Å². The maximum atomic E-state index is 5.37. The number of hydrogen-bond acceptors (Lipinski definition) is 4. The first kappa shape index (κ1) is 14.7. The topological polar surface area (TPSA) is 34.1 Å². The zero-order valence-corrected chi connectivity index (χ0v) is 12.7. The lowest BCUT2D eigenvalue weighted by Crippen LogP contribution is -2.01. The van der Waals surface area contributed by atoms with Crippen molar-refractivity contribution in [3.05, 3.63) is 48.2 Å². The van der Waals surface area contributed by atoms with Crippen LogP contribution in [0.5, 0.6) is 5.75 Å². The predicted octanol–water partition coefficient (Wildman–Crippen LogP) is 4.20. The molecule has 3 nitrogen and oxygen atoms in total. The van der Waals surface area contributed by atoms with E-state index < -0.39 is 0 Å². The number of para-hydroxylation sites is 1. The molecule has 1 aromatic carbocycles. The summed E-state index contributed by atoms with van der Waals surface area (Å²) in [6.07, 6.45) is 2.96. The van der Waals surface area contributed by atoms with Gasteiger partial charge in [0.1, 0.15) is 11.6 Å². The van der Waals surface area contributed by atoms with Gasteiger partial charge in [-0.1, -0.05) is 19.1 Å². The highest BCUT2D eigenvalue weighted by molar-refractivity contribution is 7.98. The summed E-state index contributed by atoms with van der Waals surface area (Å²) < 4.78 is 5.37. The molecule has 0 aliphatic heterocycles. The van der Waals surface area contributed by atoms with Crippen molar-refractivity contribution >= 4 is 17.6 Å². The zero-order valence-electron chi connectivity index (χ0n) is 11.9. The average molecular weight is 288 g/mol. The Morgan fingerprint density at radius 3 is 2.90 bits per heavy atom.